The van der Waals surface area contributed by atoms with Crippen LogP contribution in [0.3, 0.4) is 0 Å². The molecule has 1 amide bonds. The Balaban J connectivity index is 1.94. The van der Waals surface area contributed by atoms with Gasteiger partial charge >= 0.3 is 0 Å². The van der Waals surface area contributed by atoms with Crippen molar-refractivity contribution in [3.63, 3.8) is 0 Å². The average Bonchev–Trinajstić information content (AvgIpc) is 2.99. The number of hydrogen-bond acceptors (Lipinski definition) is 5. The maximum absolute atomic E-state index is 11.9. The maximum atomic E-state index is 11.9. The Kier molecular flexibility index (Phi) is 4.78. The van der Waals surface area contributed by atoms with Crippen molar-refractivity contribution in [1.29, 1.82) is 0 Å². The van der Waals surface area contributed by atoms with Crippen LogP contribution in [-0.2, 0) is 0 Å². The summed E-state index contributed by atoms with van der Waals surface area (Å²) >= 11 is 0. The van der Waals surface area contributed by atoms with Crippen molar-refractivity contribution in [2.24, 2.45) is 5.92 Å². The van der Waals surface area contributed by atoms with Crippen molar-refractivity contribution in [3.8, 4) is 5.69 Å². The number of aromatic nitrogens is 4. The second-order valence-electron chi connectivity index (χ2n) is 4.63. The molecule has 1 heterocycles. The monoisotopic (exact) mass is 275 g/mol. The van der Waals surface area contributed by atoms with Gasteiger partial charge in [-0.3, -0.25) is 4.79 Å². The number of carbonyl (C=O) groups excluding carboxylic acids is 1. The van der Waals surface area contributed by atoms with Crippen LogP contribution in [0.2, 0.25) is 0 Å². The van der Waals surface area contributed by atoms with Gasteiger partial charge < -0.3 is 10.4 Å². The van der Waals surface area contributed by atoms with Crippen LogP contribution >= 0.6 is 0 Å². The van der Waals surface area contributed by atoms with Gasteiger partial charge in [0.15, 0.2) is 0 Å². The SMILES string of the molecule is CC(CCO)CNC(=O)c1ccc(-n2cnnn2)cc1. The molecular weight excluding hydrogens is 258 g/mol. The summed E-state index contributed by atoms with van der Waals surface area (Å²) < 4.78 is 1.52. The van der Waals surface area contributed by atoms with Gasteiger partial charge in [0.25, 0.3) is 5.91 Å². The number of aliphatic hydroxyl groups excluding tert-OH is 1. The molecule has 0 spiro atoms. The van der Waals surface area contributed by atoms with Gasteiger partial charge in [0.05, 0.1) is 5.69 Å². The fraction of sp³-hybridized carbons (Fsp3) is 0.385. The van der Waals surface area contributed by atoms with Crippen molar-refractivity contribution in [3.05, 3.63) is 36.2 Å². The Hall–Kier alpha value is -2.28. The number of hydrogen-bond donors (Lipinski definition) is 2. The molecule has 1 aromatic heterocycles. The topological polar surface area (TPSA) is 92.9 Å². The van der Waals surface area contributed by atoms with Crippen LogP contribution in [0.4, 0.5) is 0 Å². The molecule has 106 valence electrons. The predicted octanol–water partition coefficient (Wildman–Crippen LogP) is 0.411. The minimum atomic E-state index is -0.127. The molecule has 1 aromatic carbocycles. The van der Waals surface area contributed by atoms with E-state index in [1.807, 2.05) is 6.92 Å². The second-order valence-corrected chi connectivity index (χ2v) is 4.63. The Labute approximate surface area is 116 Å². The van der Waals surface area contributed by atoms with Gasteiger partial charge in [0, 0.05) is 18.7 Å². The van der Waals surface area contributed by atoms with Gasteiger partial charge in [-0.25, -0.2) is 4.68 Å². The highest BCUT2D eigenvalue weighted by Gasteiger charge is 2.08. The summed E-state index contributed by atoms with van der Waals surface area (Å²) in [5.41, 5.74) is 1.37. The molecule has 2 aromatic rings. The van der Waals surface area contributed by atoms with E-state index < -0.39 is 0 Å². The lowest BCUT2D eigenvalue weighted by atomic mass is 10.1. The van der Waals surface area contributed by atoms with Crippen LogP contribution in [0, 0.1) is 5.92 Å². The molecule has 20 heavy (non-hydrogen) atoms. The first-order valence-electron chi connectivity index (χ1n) is 6.43. The fourth-order valence-electron chi connectivity index (χ4n) is 1.74. The van der Waals surface area contributed by atoms with Crippen LogP contribution < -0.4 is 5.32 Å². The number of amides is 1. The van der Waals surface area contributed by atoms with Gasteiger partial charge in [-0.05, 0) is 47.0 Å². The zero-order chi connectivity index (χ0) is 14.4. The summed E-state index contributed by atoms with van der Waals surface area (Å²) in [5.74, 6) is 0.127. The largest absolute Gasteiger partial charge is 0.396 e. The highest BCUT2D eigenvalue weighted by molar-refractivity contribution is 5.94. The van der Waals surface area contributed by atoms with Gasteiger partial charge in [0.2, 0.25) is 0 Å². The van der Waals surface area contributed by atoms with E-state index in [0.29, 0.717) is 18.5 Å². The molecule has 0 saturated carbocycles. The van der Waals surface area contributed by atoms with Crippen molar-refractivity contribution in [2.75, 3.05) is 13.2 Å². The number of rotatable bonds is 6. The van der Waals surface area contributed by atoms with E-state index in [1.165, 1.54) is 11.0 Å². The summed E-state index contributed by atoms with van der Waals surface area (Å²) in [6, 6.07) is 7.01. The molecule has 1 unspecified atom stereocenters. The zero-order valence-electron chi connectivity index (χ0n) is 11.2. The number of nitrogens with one attached hydrogen (secondary N) is 1. The van der Waals surface area contributed by atoms with E-state index in [4.69, 9.17) is 5.11 Å². The van der Waals surface area contributed by atoms with E-state index in [-0.39, 0.29) is 18.4 Å². The summed E-state index contributed by atoms with van der Waals surface area (Å²) in [4.78, 5) is 11.9. The molecular formula is C13H17N5O2. The van der Waals surface area contributed by atoms with E-state index >= 15 is 0 Å². The quantitative estimate of drug-likeness (QED) is 0.796. The molecule has 1 atom stereocenters. The fourth-order valence-corrected chi connectivity index (χ4v) is 1.74. The summed E-state index contributed by atoms with van der Waals surface area (Å²) in [5, 5.41) is 22.5. The normalized spacial score (nSPS) is 12.1. The smallest absolute Gasteiger partial charge is 0.251 e. The number of nitrogens with zero attached hydrogens (tertiary/aromatic N) is 4. The van der Waals surface area contributed by atoms with Gasteiger partial charge in [-0.15, -0.1) is 5.10 Å². The number of carbonyl (C=O) groups is 1. The average molecular weight is 275 g/mol. The lowest BCUT2D eigenvalue weighted by Crippen LogP contribution is -2.28. The summed E-state index contributed by atoms with van der Waals surface area (Å²) in [7, 11) is 0. The van der Waals surface area contributed by atoms with E-state index in [9.17, 15) is 4.79 Å². The third kappa shape index (κ3) is 3.61. The van der Waals surface area contributed by atoms with Crippen molar-refractivity contribution < 1.29 is 9.90 Å². The van der Waals surface area contributed by atoms with Crippen molar-refractivity contribution in [2.45, 2.75) is 13.3 Å². The Morgan fingerprint density at radius 1 is 1.40 bits per heavy atom. The van der Waals surface area contributed by atoms with Crippen LogP contribution in [-0.4, -0.2) is 44.4 Å². The van der Waals surface area contributed by atoms with Crippen LogP contribution in [0.5, 0.6) is 0 Å². The standard InChI is InChI=1S/C13H17N5O2/c1-10(6-7-19)8-14-13(20)11-2-4-12(5-3-11)18-9-15-16-17-18/h2-5,9-10,19H,6-8H2,1H3,(H,14,20). The summed E-state index contributed by atoms with van der Waals surface area (Å²) in [6.45, 7) is 2.67. The number of aliphatic hydroxyl groups is 1. The van der Waals surface area contributed by atoms with Gasteiger partial charge in [-0.2, -0.15) is 0 Å². The first-order valence-corrected chi connectivity index (χ1v) is 6.43. The van der Waals surface area contributed by atoms with Gasteiger partial charge in [0.1, 0.15) is 6.33 Å². The molecule has 0 aliphatic heterocycles. The minimum absolute atomic E-state index is 0.127. The summed E-state index contributed by atoms with van der Waals surface area (Å²) in [6.07, 6.45) is 2.17. The number of tetrazole rings is 1. The van der Waals surface area contributed by atoms with Gasteiger partial charge in [-0.1, -0.05) is 6.92 Å². The Morgan fingerprint density at radius 3 is 2.75 bits per heavy atom. The van der Waals surface area contributed by atoms with E-state index in [0.717, 1.165) is 5.69 Å². The lowest BCUT2D eigenvalue weighted by Gasteiger charge is -2.11. The molecule has 0 fully saturated rings. The predicted molar refractivity (Wildman–Crippen MR) is 72.4 cm³/mol. The first-order chi connectivity index (χ1) is 9.70. The highest BCUT2D eigenvalue weighted by atomic mass is 16.3. The molecule has 2 N–H and O–H groups in total. The zero-order valence-corrected chi connectivity index (χ0v) is 11.2. The second kappa shape index (κ2) is 6.76. The lowest BCUT2D eigenvalue weighted by molar-refractivity contribution is 0.0945. The first kappa shape index (κ1) is 14.1. The molecule has 0 aliphatic carbocycles. The van der Waals surface area contributed by atoms with Crippen LogP contribution in [0.15, 0.2) is 30.6 Å². The number of benzene rings is 1. The Bertz CT molecular complexity index is 538. The molecule has 0 aliphatic rings. The third-order valence-corrected chi connectivity index (χ3v) is 2.98. The minimum Gasteiger partial charge on any atom is -0.396 e. The molecule has 7 heteroatoms. The highest BCUT2D eigenvalue weighted by Crippen LogP contribution is 2.08. The molecule has 0 saturated heterocycles. The molecule has 2 rings (SSSR count). The van der Waals surface area contributed by atoms with E-state index in [1.54, 1.807) is 24.3 Å². The third-order valence-electron chi connectivity index (χ3n) is 2.98. The Morgan fingerprint density at radius 2 is 2.15 bits per heavy atom. The van der Waals surface area contributed by atoms with E-state index in [2.05, 4.69) is 20.8 Å². The maximum Gasteiger partial charge on any atom is 0.251 e. The molecule has 0 bridgehead atoms. The van der Waals surface area contributed by atoms with Crippen LogP contribution in [0.25, 0.3) is 5.69 Å². The molecule has 7 nitrogen and oxygen atoms in total. The van der Waals surface area contributed by atoms with Crippen molar-refractivity contribution >= 4 is 5.91 Å². The van der Waals surface area contributed by atoms with Crippen molar-refractivity contribution in [1.82, 2.24) is 25.5 Å². The van der Waals surface area contributed by atoms with Crippen LogP contribution in [0.1, 0.15) is 23.7 Å². The molecule has 0 radical (unpaired) electrons.